The molecule has 0 saturated carbocycles. The largest absolute Gasteiger partial charge is 0.487 e. The molecule has 0 N–H and O–H groups in total. The minimum Gasteiger partial charge on any atom is -0.487 e. The third-order valence-electron chi connectivity index (χ3n) is 7.92. The highest BCUT2D eigenvalue weighted by Crippen LogP contribution is 2.45. The predicted molar refractivity (Wildman–Crippen MR) is 149 cm³/mol. The van der Waals surface area contributed by atoms with Crippen LogP contribution in [0.3, 0.4) is 0 Å². The molecule has 202 valence electrons. The van der Waals surface area contributed by atoms with Crippen LogP contribution >= 0.6 is 0 Å². The molecule has 4 heteroatoms. The van der Waals surface area contributed by atoms with Gasteiger partial charge in [-0.15, -0.1) is 0 Å². The summed E-state index contributed by atoms with van der Waals surface area (Å²) in [6.45, 7) is 14.4. The van der Waals surface area contributed by atoms with Gasteiger partial charge in [0.05, 0.1) is 0 Å². The summed E-state index contributed by atoms with van der Waals surface area (Å²) in [5.74, 6) is 1.63. The summed E-state index contributed by atoms with van der Waals surface area (Å²) in [5.41, 5.74) is 3.90. The monoisotopic (exact) mass is 498 g/mol. The maximum absolute atomic E-state index is 12.2. The number of hydrogen-bond donors (Lipinski definition) is 0. The van der Waals surface area contributed by atoms with E-state index in [1.165, 1.54) is 83.3 Å². The second-order valence-corrected chi connectivity index (χ2v) is 11.3. The van der Waals surface area contributed by atoms with Crippen LogP contribution in [-0.2, 0) is 16.0 Å². The first kappa shape index (κ1) is 30.1. The van der Waals surface area contributed by atoms with E-state index in [4.69, 9.17) is 9.47 Å². The summed E-state index contributed by atoms with van der Waals surface area (Å²) < 4.78 is 12.3. The first-order valence-corrected chi connectivity index (χ1v) is 14.3. The normalized spacial score (nSPS) is 18.1. The van der Waals surface area contributed by atoms with E-state index < -0.39 is 5.97 Å². The Labute approximate surface area is 220 Å². The van der Waals surface area contributed by atoms with Crippen molar-refractivity contribution in [3.05, 3.63) is 34.4 Å². The molecule has 2 rings (SSSR count). The van der Waals surface area contributed by atoms with Crippen LogP contribution in [0.15, 0.2) is 12.2 Å². The molecule has 1 aromatic rings. The summed E-state index contributed by atoms with van der Waals surface area (Å²) in [6.07, 6.45) is 18.8. The molecule has 0 aliphatic carbocycles. The summed E-state index contributed by atoms with van der Waals surface area (Å²) in [4.78, 5) is 23.4. The Hall–Kier alpha value is -2.10. The number of rotatable bonds is 15. The Balaban J connectivity index is 1.91. The zero-order valence-electron chi connectivity index (χ0n) is 24.1. The van der Waals surface area contributed by atoms with Crippen molar-refractivity contribution >= 4 is 11.8 Å². The average molecular weight is 499 g/mol. The minimum atomic E-state index is -0.525. The van der Waals surface area contributed by atoms with Crippen LogP contribution in [0.2, 0.25) is 0 Å². The first-order valence-electron chi connectivity index (χ1n) is 14.3. The van der Waals surface area contributed by atoms with Gasteiger partial charge in [0.25, 0.3) is 0 Å². The Kier molecular flexibility index (Phi) is 12.2. The SMILES string of the molecule is CCCCCCCCCC(C)CCCC1(C)CCc2c(C)c(OC(=O)/C=C/C(C)=O)c(C)c(C)c2O1. The fourth-order valence-corrected chi connectivity index (χ4v) is 5.35. The Morgan fingerprint density at radius 2 is 1.58 bits per heavy atom. The molecule has 0 amide bonds. The second kappa shape index (κ2) is 14.6. The lowest BCUT2D eigenvalue weighted by Crippen LogP contribution is -2.37. The number of ketones is 1. The highest BCUT2D eigenvalue weighted by molar-refractivity contribution is 5.95. The minimum absolute atomic E-state index is 0.155. The smallest absolute Gasteiger partial charge is 0.336 e. The fourth-order valence-electron chi connectivity index (χ4n) is 5.35. The first-order chi connectivity index (χ1) is 17.1. The number of allylic oxidation sites excluding steroid dienone is 1. The predicted octanol–water partition coefficient (Wildman–Crippen LogP) is 8.69. The highest BCUT2D eigenvalue weighted by atomic mass is 16.5. The molecule has 2 unspecified atom stereocenters. The molecule has 0 aromatic heterocycles. The van der Waals surface area contributed by atoms with Crippen molar-refractivity contribution in [2.45, 2.75) is 138 Å². The van der Waals surface area contributed by atoms with E-state index in [-0.39, 0.29) is 11.4 Å². The van der Waals surface area contributed by atoms with Crippen molar-refractivity contribution in [2.75, 3.05) is 0 Å². The molecule has 0 spiro atoms. The number of carbonyl (C=O) groups is 2. The van der Waals surface area contributed by atoms with Crippen LogP contribution < -0.4 is 9.47 Å². The van der Waals surface area contributed by atoms with Crippen molar-refractivity contribution < 1.29 is 19.1 Å². The third kappa shape index (κ3) is 9.09. The lowest BCUT2D eigenvalue weighted by atomic mass is 9.84. The third-order valence-corrected chi connectivity index (χ3v) is 7.92. The van der Waals surface area contributed by atoms with Gasteiger partial charge in [-0.1, -0.05) is 71.6 Å². The molecular weight excluding hydrogens is 448 g/mol. The van der Waals surface area contributed by atoms with E-state index in [1.54, 1.807) is 0 Å². The van der Waals surface area contributed by atoms with Crippen molar-refractivity contribution in [3.63, 3.8) is 0 Å². The van der Waals surface area contributed by atoms with Crippen LogP contribution in [-0.4, -0.2) is 17.4 Å². The van der Waals surface area contributed by atoms with Gasteiger partial charge < -0.3 is 9.47 Å². The van der Waals surface area contributed by atoms with Gasteiger partial charge in [-0.3, -0.25) is 4.79 Å². The molecule has 36 heavy (non-hydrogen) atoms. The summed E-state index contributed by atoms with van der Waals surface area (Å²) in [7, 11) is 0. The number of ether oxygens (including phenoxy) is 2. The Bertz CT molecular complexity index is 913. The maximum atomic E-state index is 12.2. The van der Waals surface area contributed by atoms with E-state index in [9.17, 15) is 9.59 Å². The standard InChI is InChI=1S/C32H50O4/c1-8-9-10-11-12-13-14-16-23(2)17-15-21-32(7)22-20-28-27(6)30(25(4)26(5)31(28)36-32)35-29(34)19-18-24(3)33/h18-19,23H,8-17,20-22H2,1-7H3/b19-18+. The number of fused-ring (bicyclic) bond motifs is 1. The Morgan fingerprint density at radius 1 is 0.944 bits per heavy atom. The highest BCUT2D eigenvalue weighted by Gasteiger charge is 2.34. The van der Waals surface area contributed by atoms with Gasteiger partial charge in [0.1, 0.15) is 17.1 Å². The molecule has 4 nitrogen and oxygen atoms in total. The summed E-state index contributed by atoms with van der Waals surface area (Å²) in [6, 6.07) is 0. The zero-order valence-corrected chi connectivity index (χ0v) is 24.1. The van der Waals surface area contributed by atoms with Crippen LogP contribution in [0.25, 0.3) is 0 Å². The quantitative estimate of drug-likeness (QED) is 0.105. The molecule has 0 bridgehead atoms. The Morgan fingerprint density at radius 3 is 2.25 bits per heavy atom. The van der Waals surface area contributed by atoms with Crippen molar-refractivity contribution in [1.82, 2.24) is 0 Å². The van der Waals surface area contributed by atoms with Gasteiger partial charge in [-0.2, -0.15) is 0 Å². The van der Waals surface area contributed by atoms with E-state index in [0.717, 1.165) is 53.2 Å². The van der Waals surface area contributed by atoms with Gasteiger partial charge in [-0.05, 0) is 89.0 Å². The molecule has 1 aliphatic heterocycles. The van der Waals surface area contributed by atoms with E-state index >= 15 is 0 Å². The average Bonchev–Trinajstić information content (AvgIpc) is 2.83. The number of carbonyl (C=O) groups excluding carboxylic acids is 2. The maximum Gasteiger partial charge on any atom is 0.336 e. The van der Waals surface area contributed by atoms with Crippen molar-refractivity contribution in [2.24, 2.45) is 5.92 Å². The number of hydrogen-bond acceptors (Lipinski definition) is 4. The summed E-state index contributed by atoms with van der Waals surface area (Å²) >= 11 is 0. The molecule has 2 atom stereocenters. The molecule has 1 aromatic carbocycles. The van der Waals surface area contributed by atoms with Gasteiger partial charge in [0.15, 0.2) is 5.78 Å². The molecular formula is C32H50O4. The van der Waals surface area contributed by atoms with Gasteiger partial charge in [-0.25, -0.2) is 4.79 Å². The van der Waals surface area contributed by atoms with E-state index in [0.29, 0.717) is 5.75 Å². The summed E-state index contributed by atoms with van der Waals surface area (Å²) in [5, 5.41) is 0. The molecule has 1 heterocycles. The van der Waals surface area contributed by atoms with Crippen LogP contribution in [0.5, 0.6) is 11.5 Å². The van der Waals surface area contributed by atoms with E-state index in [2.05, 4.69) is 20.8 Å². The molecule has 0 radical (unpaired) electrons. The van der Waals surface area contributed by atoms with Crippen LogP contribution in [0.4, 0.5) is 0 Å². The topological polar surface area (TPSA) is 52.6 Å². The van der Waals surface area contributed by atoms with Crippen molar-refractivity contribution in [3.8, 4) is 11.5 Å². The lowest BCUT2D eigenvalue weighted by molar-refractivity contribution is -0.129. The van der Waals surface area contributed by atoms with Gasteiger partial charge >= 0.3 is 5.97 Å². The molecule has 1 aliphatic rings. The van der Waals surface area contributed by atoms with E-state index in [1.807, 2.05) is 20.8 Å². The number of esters is 1. The number of unbranched alkanes of at least 4 members (excludes halogenated alkanes) is 6. The fraction of sp³-hybridized carbons (Fsp3) is 0.688. The second-order valence-electron chi connectivity index (χ2n) is 11.3. The van der Waals surface area contributed by atoms with Gasteiger partial charge in [0.2, 0.25) is 0 Å². The van der Waals surface area contributed by atoms with Crippen LogP contribution in [0.1, 0.15) is 127 Å². The van der Waals surface area contributed by atoms with Crippen molar-refractivity contribution in [1.29, 1.82) is 0 Å². The number of benzene rings is 1. The van der Waals surface area contributed by atoms with Crippen LogP contribution in [0, 0.1) is 26.7 Å². The molecule has 0 saturated heterocycles. The molecule has 0 fully saturated rings. The zero-order chi connectivity index (χ0) is 26.7. The van der Waals surface area contributed by atoms with Gasteiger partial charge in [0, 0.05) is 11.6 Å². The lowest BCUT2D eigenvalue weighted by Gasteiger charge is -2.38.